The standard InChI is InChI=1S/C22H17F2N3O2S2/c1-12-3-4-13(2)18(9-12)27-21(29)20-17(7-8-30-20)26-22(27)31-11-19(28)25-16-6-5-14(23)10-15(16)24/h3-10H,11H2,1-2H3,(H,25,28). The van der Waals surface area contributed by atoms with Gasteiger partial charge in [0, 0.05) is 6.07 Å². The minimum atomic E-state index is -0.858. The molecule has 0 aliphatic rings. The van der Waals surface area contributed by atoms with Crippen molar-refractivity contribution >= 4 is 44.9 Å². The average Bonchev–Trinajstić information content (AvgIpc) is 3.20. The molecule has 2 aromatic carbocycles. The highest BCUT2D eigenvalue weighted by Gasteiger charge is 2.17. The Labute approximate surface area is 184 Å². The highest BCUT2D eigenvalue weighted by Crippen LogP contribution is 2.26. The molecule has 4 aromatic rings. The summed E-state index contributed by atoms with van der Waals surface area (Å²) in [5.41, 5.74) is 2.81. The van der Waals surface area contributed by atoms with Crippen molar-refractivity contribution in [3.8, 4) is 5.69 Å². The number of amides is 1. The van der Waals surface area contributed by atoms with E-state index in [4.69, 9.17) is 0 Å². The summed E-state index contributed by atoms with van der Waals surface area (Å²) in [6.07, 6.45) is 0. The number of halogens is 2. The third-order valence-electron chi connectivity index (χ3n) is 4.59. The highest BCUT2D eigenvalue weighted by molar-refractivity contribution is 7.99. The van der Waals surface area contributed by atoms with E-state index in [0.29, 0.717) is 27.1 Å². The lowest BCUT2D eigenvalue weighted by molar-refractivity contribution is -0.113. The van der Waals surface area contributed by atoms with Gasteiger partial charge in [0.05, 0.1) is 22.6 Å². The molecule has 2 heterocycles. The Bertz CT molecular complexity index is 1360. The van der Waals surface area contributed by atoms with Crippen LogP contribution in [0.2, 0.25) is 0 Å². The Morgan fingerprint density at radius 3 is 2.74 bits per heavy atom. The first-order valence-electron chi connectivity index (χ1n) is 9.29. The first-order valence-corrected chi connectivity index (χ1v) is 11.2. The molecule has 0 saturated heterocycles. The van der Waals surface area contributed by atoms with Crippen molar-refractivity contribution in [1.82, 2.24) is 9.55 Å². The summed E-state index contributed by atoms with van der Waals surface area (Å²) in [7, 11) is 0. The molecular formula is C22H17F2N3O2S2. The molecule has 0 unspecified atom stereocenters. The third-order valence-corrected chi connectivity index (χ3v) is 6.42. The monoisotopic (exact) mass is 457 g/mol. The van der Waals surface area contributed by atoms with Gasteiger partial charge in [-0.05, 0) is 54.6 Å². The minimum absolute atomic E-state index is 0.107. The Kier molecular flexibility index (Phi) is 5.88. The van der Waals surface area contributed by atoms with E-state index in [1.165, 1.54) is 15.9 Å². The van der Waals surface area contributed by atoms with Crippen LogP contribution in [0.3, 0.4) is 0 Å². The molecule has 0 saturated carbocycles. The fourth-order valence-electron chi connectivity index (χ4n) is 3.07. The number of aryl methyl sites for hydroxylation is 2. The van der Waals surface area contributed by atoms with Crippen molar-refractivity contribution in [2.75, 3.05) is 11.1 Å². The van der Waals surface area contributed by atoms with Gasteiger partial charge < -0.3 is 5.32 Å². The largest absolute Gasteiger partial charge is 0.323 e. The average molecular weight is 458 g/mol. The van der Waals surface area contributed by atoms with Crippen molar-refractivity contribution in [1.29, 1.82) is 0 Å². The maximum absolute atomic E-state index is 13.8. The van der Waals surface area contributed by atoms with E-state index in [-0.39, 0.29) is 17.0 Å². The number of rotatable bonds is 5. The van der Waals surface area contributed by atoms with E-state index >= 15 is 0 Å². The molecule has 0 fully saturated rings. The van der Waals surface area contributed by atoms with Gasteiger partial charge in [-0.15, -0.1) is 11.3 Å². The number of aromatic nitrogens is 2. The molecular weight excluding hydrogens is 440 g/mol. The second-order valence-electron chi connectivity index (χ2n) is 6.92. The van der Waals surface area contributed by atoms with Crippen molar-refractivity contribution in [2.45, 2.75) is 19.0 Å². The molecule has 0 radical (unpaired) electrons. The minimum Gasteiger partial charge on any atom is -0.323 e. The van der Waals surface area contributed by atoms with Crippen LogP contribution in [0.1, 0.15) is 11.1 Å². The van der Waals surface area contributed by atoms with Crippen LogP contribution >= 0.6 is 23.1 Å². The maximum atomic E-state index is 13.8. The molecule has 2 aromatic heterocycles. The van der Waals surface area contributed by atoms with Gasteiger partial charge in [0.1, 0.15) is 16.3 Å². The number of fused-ring (bicyclic) bond motifs is 1. The van der Waals surface area contributed by atoms with E-state index < -0.39 is 17.5 Å². The molecule has 0 bridgehead atoms. The van der Waals surface area contributed by atoms with E-state index in [9.17, 15) is 18.4 Å². The summed E-state index contributed by atoms with van der Waals surface area (Å²) < 4.78 is 28.9. The fraction of sp³-hybridized carbons (Fsp3) is 0.136. The molecule has 0 atom stereocenters. The summed E-state index contributed by atoms with van der Waals surface area (Å²) in [4.78, 5) is 30.2. The van der Waals surface area contributed by atoms with Gasteiger partial charge in [-0.1, -0.05) is 23.9 Å². The summed E-state index contributed by atoms with van der Waals surface area (Å²) in [6, 6.07) is 10.5. The molecule has 4 rings (SSSR count). The molecule has 0 aliphatic heterocycles. The first kappa shape index (κ1) is 21.2. The van der Waals surface area contributed by atoms with E-state index in [1.54, 1.807) is 11.4 Å². The van der Waals surface area contributed by atoms with E-state index in [2.05, 4.69) is 10.3 Å². The predicted molar refractivity (Wildman–Crippen MR) is 120 cm³/mol. The Hall–Kier alpha value is -3.04. The van der Waals surface area contributed by atoms with Gasteiger partial charge in [-0.3, -0.25) is 14.2 Å². The Morgan fingerprint density at radius 1 is 1.16 bits per heavy atom. The van der Waals surface area contributed by atoms with Crippen LogP contribution in [0.5, 0.6) is 0 Å². The zero-order valence-corrected chi connectivity index (χ0v) is 18.2. The lowest BCUT2D eigenvalue weighted by atomic mass is 10.1. The van der Waals surface area contributed by atoms with Gasteiger partial charge >= 0.3 is 0 Å². The van der Waals surface area contributed by atoms with Crippen LogP contribution in [0, 0.1) is 25.5 Å². The normalized spacial score (nSPS) is 11.1. The molecule has 9 heteroatoms. The topological polar surface area (TPSA) is 64.0 Å². The number of hydrogen-bond donors (Lipinski definition) is 1. The number of carbonyl (C=O) groups excluding carboxylic acids is 1. The van der Waals surface area contributed by atoms with Crippen LogP contribution in [-0.4, -0.2) is 21.2 Å². The summed E-state index contributed by atoms with van der Waals surface area (Å²) in [5, 5.41) is 4.58. The second-order valence-corrected chi connectivity index (χ2v) is 8.78. The van der Waals surface area contributed by atoms with Crippen molar-refractivity contribution in [2.24, 2.45) is 0 Å². The molecule has 158 valence electrons. The zero-order chi connectivity index (χ0) is 22.1. The summed E-state index contributed by atoms with van der Waals surface area (Å²) in [6.45, 7) is 3.83. The van der Waals surface area contributed by atoms with Crippen LogP contribution in [-0.2, 0) is 4.79 Å². The molecule has 5 nitrogen and oxygen atoms in total. The van der Waals surface area contributed by atoms with Crippen molar-refractivity contribution in [3.05, 3.63) is 81.0 Å². The number of anilines is 1. The number of carbonyl (C=O) groups is 1. The number of benzene rings is 2. The fourth-order valence-corrected chi connectivity index (χ4v) is 4.63. The number of thioether (sulfide) groups is 1. The first-order chi connectivity index (χ1) is 14.8. The zero-order valence-electron chi connectivity index (χ0n) is 16.6. The quantitative estimate of drug-likeness (QED) is 0.336. The highest BCUT2D eigenvalue weighted by atomic mass is 32.2. The summed E-state index contributed by atoms with van der Waals surface area (Å²) in [5.74, 6) is -2.19. The van der Waals surface area contributed by atoms with Crippen molar-refractivity contribution < 1.29 is 13.6 Å². The van der Waals surface area contributed by atoms with Crippen molar-refractivity contribution in [3.63, 3.8) is 0 Å². The lowest BCUT2D eigenvalue weighted by Gasteiger charge is -2.15. The van der Waals surface area contributed by atoms with E-state index in [0.717, 1.165) is 35.0 Å². The number of hydrogen-bond acceptors (Lipinski definition) is 5. The maximum Gasteiger partial charge on any atom is 0.276 e. The summed E-state index contributed by atoms with van der Waals surface area (Å²) >= 11 is 2.39. The Morgan fingerprint density at radius 2 is 1.97 bits per heavy atom. The van der Waals surface area contributed by atoms with Crippen LogP contribution in [0.4, 0.5) is 14.5 Å². The van der Waals surface area contributed by atoms with Crippen LogP contribution < -0.4 is 10.9 Å². The molecule has 0 aliphatic carbocycles. The SMILES string of the molecule is Cc1ccc(C)c(-n2c(SCC(=O)Nc3ccc(F)cc3F)nc3ccsc3c2=O)c1. The predicted octanol–water partition coefficient (Wildman–Crippen LogP) is 5.07. The van der Waals surface area contributed by atoms with Gasteiger partial charge in [-0.25, -0.2) is 13.8 Å². The molecule has 1 amide bonds. The smallest absolute Gasteiger partial charge is 0.276 e. The molecule has 0 spiro atoms. The lowest BCUT2D eigenvalue weighted by Crippen LogP contribution is -2.23. The third kappa shape index (κ3) is 4.38. The number of nitrogens with zero attached hydrogens (tertiary/aromatic N) is 2. The number of nitrogens with one attached hydrogen (secondary N) is 1. The van der Waals surface area contributed by atoms with E-state index in [1.807, 2.05) is 32.0 Å². The van der Waals surface area contributed by atoms with Gasteiger partial charge in [0.15, 0.2) is 5.16 Å². The van der Waals surface area contributed by atoms with Gasteiger partial charge in [0.2, 0.25) is 5.91 Å². The van der Waals surface area contributed by atoms with Crippen LogP contribution in [0.25, 0.3) is 15.9 Å². The van der Waals surface area contributed by atoms with Crippen LogP contribution in [0.15, 0.2) is 57.8 Å². The molecule has 31 heavy (non-hydrogen) atoms. The van der Waals surface area contributed by atoms with Gasteiger partial charge in [-0.2, -0.15) is 0 Å². The number of thiophene rings is 1. The Balaban J connectivity index is 1.67. The second kappa shape index (κ2) is 8.60. The molecule has 1 N–H and O–H groups in total. The van der Waals surface area contributed by atoms with Gasteiger partial charge in [0.25, 0.3) is 5.56 Å².